The summed E-state index contributed by atoms with van der Waals surface area (Å²) in [5.74, 6) is 1.58. The first kappa shape index (κ1) is 16.2. The molecule has 1 N–H and O–H groups in total. The second-order valence-corrected chi connectivity index (χ2v) is 7.66. The van der Waals surface area contributed by atoms with E-state index in [1.807, 2.05) is 24.3 Å². The molecule has 3 rings (SSSR count). The van der Waals surface area contributed by atoms with Crippen molar-refractivity contribution in [1.29, 1.82) is 0 Å². The number of thioether (sulfide) groups is 1. The van der Waals surface area contributed by atoms with Crippen LogP contribution in [0.2, 0.25) is 0 Å². The van der Waals surface area contributed by atoms with Gasteiger partial charge in [0.05, 0.1) is 12.0 Å². The third kappa shape index (κ3) is 3.17. The summed E-state index contributed by atoms with van der Waals surface area (Å²) < 4.78 is 5.13. The molecule has 6 heteroatoms. The number of carbonyl (C=O) groups is 2. The molecule has 2 aliphatic rings. The molecule has 0 unspecified atom stereocenters. The van der Waals surface area contributed by atoms with Gasteiger partial charge >= 0.3 is 0 Å². The molecule has 5 nitrogen and oxygen atoms in total. The van der Waals surface area contributed by atoms with Gasteiger partial charge in [-0.15, -0.1) is 11.8 Å². The van der Waals surface area contributed by atoms with Crippen molar-refractivity contribution in [1.82, 2.24) is 10.2 Å². The van der Waals surface area contributed by atoms with Gasteiger partial charge in [-0.1, -0.05) is 12.1 Å². The lowest BCUT2D eigenvalue weighted by molar-refractivity contribution is -0.137. The number of fused-ring (bicyclic) bond motifs is 1. The topological polar surface area (TPSA) is 58.6 Å². The lowest BCUT2D eigenvalue weighted by atomic mass is 10.1. The summed E-state index contributed by atoms with van der Waals surface area (Å²) in [7, 11) is 1.64. The van der Waals surface area contributed by atoms with Gasteiger partial charge in [0.2, 0.25) is 11.8 Å². The predicted molar refractivity (Wildman–Crippen MR) is 90.4 cm³/mol. The van der Waals surface area contributed by atoms with E-state index >= 15 is 0 Å². The van der Waals surface area contributed by atoms with Crippen molar-refractivity contribution >= 4 is 23.6 Å². The summed E-state index contributed by atoms with van der Waals surface area (Å²) >= 11 is 1.72. The fourth-order valence-corrected chi connectivity index (χ4v) is 4.69. The van der Waals surface area contributed by atoms with E-state index < -0.39 is 0 Å². The second-order valence-electron chi connectivity index (χ2n) is 6.15. The molecule has 0 saturated carbocycles. The third-order valence-corrected chi connectivity index (χ3v) is 6.12. The van der Waals surface area contributed by atoms with Crippen LogP contribution in [0.1, 0.15) is 25.3 Å². The van der Waals surface area contributed by atoms with Gasteiger partial charge in [0.25, 0.3) is 0 Å². The van der Waals surface area contributed by atoms with Gasteiger partial charge in [-0.05, 0) is 37.5 Å². The molecule has 124 valence electrons. The van der Waals surface area contributed by atoms with Gasteiger partial charge in [0.15, 0.2) is 0 Å². The van der Waals surface area contributed by atoms with E-state index in [2.05, 4.69) is 12.2 Å². The molecule has 23 heavy (non-hydrogen) atoms. The largest absolute Gasteiger partial charge is 0.497 e. The van der Waals surface area contributed by atoms with E-state index in [9.17, 15) is 9.59 Å². The van der Waals surface area contributed by atoms with Crippen molar-refractivity contribution in [2.24, 2.45) is 0 Å². The number of amides is 2. The van der Waals surface area contributed by atoms with Gasteiger partial charge in [-0.25, -0.2) is 0 Å². The molecule has 0 spiro atoms. The first-order chi connectivity index (χ1) is 11.0. The molecule has 1 aromatic rings. The molecule has 1 aromatic carbocycles. The number of nitrogens with one attached hydrogen (secondary N) is 1. The number of methoxy groups -OCH3 is 1. The Balaban J connectivity index is 1.52. The fraction of sp³-hybridized carbons (Fsp3) is 0.529. The highest BCUT2D eigenvalue weighted by atomic mass is 32.2. The van der Waals surface area contributed by atoms with Crippen LogP contribution in [0.5, 0.6) is 5.75 Å². The number of rotatable bonds is 5. The summed E-state index contributed by atoms with van der Waals surface area (Å²) in [6.07, 6.45) is 2.16. The number of hydrogen-bond acceptors (Lipinski definition) is 4. The van der Waals surface area contributed by atoms with Crippen molar-refractivity contribution in [2.45, 2.75) is 37.1 Å². The van der Waals surface area contributed by atoms with Crippen LogP contribution in [0.25, 0.3) is 0 Å². The Labute approximate surface area is 140 Å². The minimum atomic E-state index is -0.323. The molecule has 2 saturated heterocycles. The summed E-state index contributed by atoms with van der Waals surface area (Å²) in [5.41, 5.74) is 1.15. The molecular formula is C17H22N2O3S. The monoisotopic (exact) mass is 334 g/mol. The van der Waals surface area contributed by atoms with Gasteiger partial charge in [0, 0.05) is 18.7 Å². The average Bonchev–Trinajstić information content (AvgIpc) is 3.04. The Bertz CT molecular complexity index is 604. The Hall–Kier alpha value is -1.69. The van der Waals surface area contributed by atoms with Crippen LogP contribution in [0.15, 0.2) is 24.3 Å². The van der Waals surface area contributed by atoms with E-state index in [0.29, 0.717) is 18.7 Å². The van der Waals surface area contributed by atoms with Crippen molar-refractivity contribution in [3.05, 3.63) is 29.8 Å². The Kier molecular flexibility index (Phi) is 4.53. The highest BCUT2D eigenvalue weighted by Crippen LogP contribution is 2.47. The molecule has 0 bridgehead atoms. The number of nitrogens with zero attached hydrogens (tertiary/aromatic N) is 1. The molecule has 2 heterocycles. The summed E-state index contributed by atoms with van der Waals surface area (Å²) in [6, 6.07) is 7.50. The van der Waals surface area contributed by atoms with Gasteiger partial charge in [-0.2, -0.15) is 0 Å². The predicted octanol–water partition coefficient (Wildman–Crippen LogP) is 1.81. The first-order valence-corrected chi connectivity index (χ1v) is 8.89. The Morgan fingerprint density at radius 2 is 2.17 bits per heavy atom. The lowest BCUT2D eigenvalue weighted by Gasteiger charge is -2.29. The zero-order valence-corrected chi connectivity index (χ0v) is 14.3. The maximum atomic E-state index is 12.4. The number of hydrogen-bond donors (Lipinski definition) is 1. The van der Waals surface area contributed by atoms with Gasteiger partial charge < -0.3 is 15.0 Å². The lowest BCUT2D eigenvalue weighted by Crippen LogP contribution is -2.50. The normalized spacial score (nSPS) is 26.3. The van der Waals surface area contributed by atoms with Gasteiger partial charge in [-0.3, -0.25) is 9.59 Å². The fourth-order valence-electron chi connectivity index (χ4n) is 3.25. The Morgan fingerprint density at radius 1 is 1.43 bits per heavy atom. The maximum absolute atomic E-state index is 12.4. The molecule has 2 aliphatic heterocycles. The molecule has 0 radical (unpaired) electrons. The van der Waals surface area contributed by atoms with Crippen molar-refractivity contribution in [3.8, 4) is 5.75 Å². The van der Waals surface area contributed by atoms with Crippen LogP contribution in [0.3, 0.4) is 0 Å². The Morgan fingerprint density at radius 3 is 2.87 bits per heavy atom. The average molecular weight is 334 g/mol. The second kappa shape index (κ2) is 6.43. The van der Waals surface area contributed by atoms with E-state index in [-0.39, 0.29) is 22.7 Å². The highest BCUT2D eigenvalue weighted by molar-refractivity contribution is 8.01. The summed E-state index contributed by atoms with van der Waals surface area (Å²) in [6.45, 7) is 2.64. The van der Waals surface area contributed by atoms with Crippen LogP contribution in [-0.2, 0) is 16.0 Å². The quantitative estimate of drug-likeness (QED) is 0.892. The summed E-state index contributed by atoms with van der Waals surface area (Å²) in [4.78, 5) is 26.1. The maximum Gasteiger partial charge on any atom is 0.243 e. The molecule has 2 fully saturated rings. The van der Waals surface area contributed by atoms with E-state index in [1.54, 1.807) is 23.8 Å². The van der Waals surface area contributed by atoms with E-state index in [4.69, 9.17) is 4.74 Å². The highest BCUT2D eigenvalue weighted by Gasteiger charge is 2.52. The van der Waals surface area contributed by atoms with E-state index in [0.717, 1.165) is 24.2 Å². The van der Waals surface area contributed by atoms with Crippen molar-refractivity contribution in [2.75, 3.05) is 19.4 Å². The van der Waals surface area contributed by atoms with Crippen molar-refractivity contribution < 1.29 is 14.3 Å². The molecule has 0 aliphatic carbocycles. The minimum absolute atomic E-state index is 0.0370. The van der Waals surface area contributed by atoms with Crippen molar-refractivity contribution in [3.63, 3.8) is 0 Å². The van der Waals surface area contributed by atoms with E-state index in [1.165, 1.54) is 0 Å². The zero-order chi connectivity index (χ0) is 16.4. The van der Waals surface area contributed by atoms with Crippen LogP contribution in [0.4, 0.5) is 0 Å². The molecular weight excluding hydrogens is 312 g/mol. The third-order valence-electron chi connectivity index (χ3n) is 4.62. The van der Waals surface area contributed by atoms with Gasteiger partial charge in [0.1, 0.15) is 11.8 Å². The minimum Gasteiger partial charge on any atom is -0.497 e. The number of carbonyl (C=O) groups excluding carboxylic acids is 2. The number of ether oxygens (including phenoxy) is 1. The summed E-state index contributed by atoms with van der Waals surface area (Å²) in [5, 5.41) is 2.97. The zero-order valence-electron chi connectivity index (χ0n) is 13.5. The SMILES string of the molecule is COc1ccc(CCNC(=O)[C@@H]2CS[C@]3(C)CCC(=O)N23)cc1. The molecule has 2 amide bonds. The molecule has 0 aromatic heterocycles. The smallest absolute Gasteiger partial charge is 0.243 e. The van der Waals surface area contributed by atoms with Crippen LogP contribution in [0, 0.1) is 0 Å². The number of benzene rings is 1. The van der Waals surface area contributed by atoms with Crippen LogP contribution >= 0.6 is 11.8 Å². The first-order valence-electron chi connectivity index (χ1n) is 7.90. The standard InChI is InChI=1S/C17H22N2O3S/c1-17-9-7-15(20)19(17)14(11-23-17)16(21)18-10-8-12-3-5-13(22-2)6-4-12/h3-6,14H,7-11H2,1-2H3,(H,18,21)/t14-,17+/m0/s1. The van der Waals surface area contributed by atoms with Crippen LogP contribution in [-0.4, -0.2) is 47.0 Å². The molecule has 2 atom stereocenters. The van der Waals surface area contributed by atoms with Crippen LogP contribution < -0.4 is 10.1 Å².